The quantitative estimate of drug-likeness (QED) is 0.552. The van der Waals surface area contributed by atoms with Gasteiger partial charge in [0.05, 0.1) is 0 Å². The van der Waals surface area contributed by atoms with E-state index in [0.717, 1.165) is 5.33 Å². The minimum Gasteiger partial charge on any atom is -0.458 e. The van der Waals surface area contributed by atoms with Crippen molar-refractivity contribution >= 4 is 53.8 Å². The van der Waals surface area contributed by atoms with Crippen molar-refractivity contribution in [1.29, 1.82) is 0 Å². The van der Waals surface area contributed by atoms with Crippen LogP contribution in [0.3, 0.4) is 0 Å². The maximum Gasteiger partial charge on any atom is 0.334 e. The molecule has 13 heavy (non-hydrogen) atoms. The molecule has 0 saturated heterocycles. The number of esters is 1. The van der Waals surface area contributed by atoms with Crippen molar-refractivity contribution < 1.29 is 9.53 Å². The van der Waals surface area contributed by atoms with Crippen molar-refractivity contribution in [2.45, 2.75) is 36.0 Å². The van der Waals surface area contributed by atoms with Gasteiger partial charge in [-0.2, -0.15) is 0 Å². The molecule has 0 aliphatic heterocycles. The summed E-state index contributed by atoms with van der Waals surface area (Å²) in [5.41, 5.74) is -0.448. The first-order valence-electron chi connectivity index (χ1n) is 3.86. The largest absolute Gasteiger partial charge is 0.458 e. The number of carbonyl (C=O) groups is 1. The van der Waals surface area contributed by atoms with E-state index in [1.54, 1.807) is 0 Å². The van der Waals surface area contributed by atoms with Gasteiger partial charge in [0.15, 0.2) is 3.23 Å². The number of halogens is 3. The fourth-order valence-electron chi connectivity index (χ4n) is 0.573. The standard InChI is InChI=1S/C8H13Br3O2/c1-7(2,3)13-6(12)8(10,11)4-5-9/h4-5H2,1-3H3. The highest BCUT2D eigenvalue weighted by molar-refractivity contribution is 9.26. The summed E-state index contributed by atoms with van der Waals surface area (Å²) in [7, 11) is 0. The molecule has 0 amide bonds. The van der Waals surface area contributed by atoms with Crippen molar-refractivity contribution in [2.75, 3.05) is 5.33 Å². The maximum absolute atomic E-state index is 11.5. The summed E-state index contributed by atoms with van der Waals surface area (Å²) in [5.74, 6) is -0.292. The monoisotopic (exact) mass is 378 g/mol. The molecule has 78 valence electrons. The van der Waals surface area contributed by atoms with E-state index < -0.39 is 8.83 Å². The molecule has 0 aromatic carbocycles. The zero-order valence-electron chi connectivity index (χ0n) is 7.86. The van der Waals surface area contributed by atoms with E-state index in [1.165, 1.54) is 0 Å². The summed E-state index contributed by atoms with van der Waals surface area (Å²) in [6, 6.07) is 0. The lowest BCUT2D eigenvalue weighted by molar-refractivity contribution is -0.154. The average Bonchev–Trinajstić information content (AvgIpc) is 1.82. The molecule has 0 aliphatic rings. The summed E-state index contributed by atoms with van der Waals surface area (Å²) in [6.07, 6.45) is 0.627. The molecule has 5 heteroatoms. The third-order valence-corrected chi connectivity index (χ3v) is 2.94. The Morgan fingerprint density at radius 2 is 1.77 bits per heavy atom. The Kier molecular flexibility index (Phi) is 5.48. The van der Waals surface area contributed by atoms with Gasteiger partial charge in [0, 0.05) is 5.33 Å². The Bertz CT molecular complexity index is 184. The predicted molar refractivity (Wildman–Crippen MR) is 64.8 cm³/mol. The summed E-state index contributed by atoms with van der Waals surface area (Å²) >= 11 is 9.81. The van der Waals surface area contributed by atoms with Crippen LogP contribution in [-0.2, 0) is 9.53 Å². The Labute approximate surface area is 104 Å². The first-order valence-corrected chi connectivity index (χ1v) is 6.57. The topological polar surface area (TPSA) is 26.3 Å². The number of carbonyl (C=O) groups excluding carboxylic acids is 1. The van der Waals surface area contributed by atoms with E-state index in [9.17, 15) is 4.79 Å². The summed E-state index contributed by atoms with van der Waals surface area (Å²) in [6.45, 7) is 5.53. The van der Waals surface area contributed by atoms with E-state index in [1.807, 2.05) is 20.8 Å². The highest BCUT2D eigenvalue weighted by Crippen LogP contribution is 2.33. The zero-order valence-corrected chi connectivity index (χ0v) is 12.6. The third-order valence-electron chi connectivity index (χ3n) is 1.11. The van der Waals surface area contributed by atoms with E-state index in [-0.39, 0.29) is 5.97 Å². The van der Waals surface area contributed by atoms with Crippen LogP contribution in [0.5, 0.6) is 0 Å². The zero-order chi connectivity index (χ0) is 10.7. The van der Waals surface area contributed by atoms with Crippen LogP contribution in [0.4, 0.5) is 0 Å². The van der Waals surface area contributed by atoms with Crippen LogP contribution < -0.4 is 0 Å². The van der Waals surface area contributed by atoms with Gasteiger partial charge in [0.2, 0.25) is 0 Å². The van der Waals surface area contributed by atoms with Crippen LogP contribution in [0.1, 0.15) is 27.2 Å². The molecular weight excluding hydrogens is 368 g/mol. The molecule has 0 unspecified atom stereocenters. The molecule has 0 N–H and O–H groups in total. The number of alkyl halides is 3. The molecule has 0 saturated carbocycles. The van der Waals surface area contributed by atoms with Gasteiger partial charge in [-0.25, -0.2) is 4.79 Å². The maximum atomic E-state index is 11.5. The first kappa shape index (κ1) is 13.9. The predicted octanol–water partition coefficient (Wildman–Crippen LogP) is 3.60. The van der Waals surface area contributed by atoms with Gasteiger partial charge >= 0.3 is 5.97 Å². The van der Waals surface area contributed by atoms with Crippen molar-refractivity contribution in [1.82, 2.24) is 0 Å². The van der Waals surface area contributed by atoms with Gasteiger partial charge in [-0.15, -0.1) is 0 Å². The van der Waals surface area contributed by atoms with Crippen LogP contribution in [-0.4, -0.2) is 20.1 Å². The van der Waals surface area contributed by atoms with Crippen LogP contribution >= 0.6 is 47.8 Å². The summed E-state index contributed by atoms with van der Waals surface area (Å²) in [5, 5.41) is 0.725. The minimum atomic E-state index is -0.767. The molecule has 0 fully saturated rings. The van der Waals surface area contributed by atoms with Crippen molar-refractivity contribution in [3.63, 3.8) is 0 Å². The number of ether oxygens (including phenoxy) is 1. The fraction of sp³-hybridized carbons (Fsp3) is 0.875. The molecule has 0 rings (SSSR count). The molecule has 0 aromatic rings. The number of hydrogen-bond acceptors (Lipinski definition) is 2. The molecule has 0 atom stereocenters. The lowest BCUT2D eigenvalue weighted by Gasteiger charge is -2.25. The second kappa shape index (κ2) is 5.12. The minimum absolute atomic E-state index is 0.292. The Morgan fingerprint density at radius 3 is 2.08 bits per heavy atom. The van der Waals surface area contributed by atoms with Gasteiger partial charge in [-0.1, -0.05) is 47.8 Å². The first-order chi connectivity index (χ1) is 5.69. The molecule has 0 spiro atoms. The van der Waals surface area contributed by atoms with Crippen LogP contribution in [0.2, 0.25) is 0 Å². The molecule has 0 aliphatic carbocycles. The highest BCUT2D eigenvalue weighted by atomic mass is 79.9. The molecule has 0 aromatic heterocycles. The molecule has 2 nitrogen and oxygen atoms in total. The number of hydrogen-bond donors (Lipinski definition) is 0. The van der Waals surface area contributed by atoms with Crippen LogP contribution in [0.25, 0.3) is 0 Å². The average molecular weight is 381 g/mol. The lowest BCUT2D eigenvalue weighted by Crippen LogP contribution is -2.34. The SMILES string of the molecule is CC(C)(C)OC(=O)C(Br)(Br)CCBr. The Morgan fingerprint density at radius 1 is 1.31 bits per heavy atom. The van der Waals surface area contributed by atoms with E-state index >= 15 is 0 Å². The molecule has 0 heterocycles. The molecule has 0 radical (unpaired) electrons. The van der Waals surface area contributed by atoms with Gasteiger partial charge in [0.25, 0.3) is 0 Å². The van der Waals surface area contributed by atoms with E-state index in [4.69, 9.17) is 4.74 Å². The second-order valence-corrected chi connectivity index (χ2v) is 8.21. The van der Waals surface area contributed by atoms with Crippen LogP contribution in [0, 0.1) is 0 Å². The van der Waals surface area contributed by atoms with Crippen molar-refractivity contribution in [3.8, 4) is 0 Å². The highest BCUT2D eigenvalue weighted by Gasteiger charge is 2.35. The van der Waals surface area contributed by atoms with Gasteiger partial charge in [0.1, 0.15) is 5.60 Å². The van der Waals surface area contributed by atoms with Gasteiger partial charge < -0.3 is 4.74 Å². The van der Waals surface area contributed by atoms with Crippen molar-refractivity contribution in [3.05, 3.63) is 0 Å². The van der Waals surface area contributed by atoms with E-state index in [0.29, 0.717) is 6.42 Å². The smallest absolute Gasteiger partial charge is 0.334 e. The fourth-order valence-corrected chi connectivity index (χ4v) is 2.79. The summed E-state index contributed by atoms with van der Waals surface area (Å²) in [4.78, 5) is 11.5. The van der Waals surface area contributed by atoms with Gasteiger partial charge in [-0.3, -0.25) is 0 Å². The normalized spacial score (nSPS) is 12.8. The lowest BCUT2D eigenvalue weighted by atomic mass is 10.2. The Hall–Kier alpha value is 0.910. The summed E-state index contributed by atoms with van der Waals surface area (Å²) < 4.78 is 4.43. The molecular formula is C8H13Br3O2. The number of rotatable bonds is 3. The van der Waals surface area contributed by atoms with Crippen molar-refractivity contribution in [2.24, 2.45) is 0 Å². The Balaban J connectivity index is 4.25. The van der Waals surface area contributed by atoms with Gasteiger partial charge in [-0.05, 0) is 27.2 Å². The second-order valence-electron chi connectivity index (χ2n) is 3.65. The molecule has 0 bridgehead atoms. The third kappa shape index (κ3) is 6.07. The van der Waals surface area contributed by atoms with Crippen LogP contribution in [0.15, 0.2) is 0 Å². The van der Waals surface area contributed by atoms with E-state index in [2.05, 4.69) is 47.8 Å².